The number of thiocarbonyl (C=S) groups is 1. The first-order chi connectivity index (χ1) is 10.0. The van der Waals surface area contributed by atoms with Crippen molar-refractivity contribution < 1.29 is 9.13 Å². The Balaban J connectivity index is 1.97. The van der Waals surface area contributed by atoms with Gasteiger partial charge >= 0.3 is 0 Å². The predicted molar refractivity (Wildman–Crippen MR) is 90.5 cm³/mol. The van der Waals surface area contributed by atoms with Crippen LogP contribution in [0.1, 0.15) is 18.4 Å². The Morgan fingerprint density at radius 2 is 2.14 bits per heavy atom. The monoisotopic (exact) mass is 328 g/mol. The first kappa shape index (κ1) is 16.5. The topological polar surface area (TPSA) is 38.5 Å². The number of benzene rings is 1. The van der Waals surface area contributed by atoms with Crippen LogP contribution in [0.3, 0.4) is 0 Å². The Morgan fingerprint density at radius 3 is 2.62 bits per heavy atom. The van der Waals surface area contributed by atoms with Gasteiger partial charge in [0.15, 0.2) is 11.6 Å². The molecule has 116 valence electrons. The van der Waals surface area contributed by atoms with Gasteiger partial charge in [0.05, 0.1) is 16.8 Å². The van der Waals surface area contributed by atoms with Gasteiger partial charge < -0.3 is 10.5 Å². The van der Waals surface area contributed by atoms with Gasteiger partial charge in [-0.25, -0.2) is 4.39 Å². The number of methoxy groups -OCH3 is 1. The van der Waals surface area contributed by atoms with Gasteiger partial charge in [-0.15, -0.1) is 0 Å². The van der Waals surface area contributed by atoms with E-state index in [1.54, 1.807) is 23.9 Å². The lowest BCUT2D eigenvalue weighted by Gasteiger charge is -2.40. The molecule has 0 saturated carbocycles. The number of ether oxygens (including phenoxy) is 1. The van der Waals surface area contributed by atoms with Gasteiger partial charge in [0.2, 0.25) is 0 Å². The summed E-state index contributed by atoms with van der Waals surface area (Å²) in [5, 5.41) is 0. The first-order valence-electron chi connectivity index (χ1n) is 6.90. The van der Waals surface area contributed by atoms with Crippen LogP contribution in [0.2, 0.25) is 0 Å². The molecule has 1 aliphatic rings. The Hall–Kier alpha value is -0.850. The second-order valence-electron chi connectivity index (χ2n) is 5.31. The molecule has 1 fully saturated rings. The Morgan fingerprint density at radius 1 is 1.48 bits per heavy atom. The molecule has 3 nitrogen and oxygen atoms in total. The van der Waals surface area contributed by atoms with Crippen LogP contribution in [-0.2, 0) is 6.54 Å². The third kappa shape index (κ3) is 3.67. The number of likely N-dealkylation sites (tertiary alicyclic amines) is 1. The maximum atomic E-state index is 13.7. The highest BCUT2D eigenvalue weighted by atomic mass is 32.2. The Kier molecular flexibility index (Phi) is 5.46. The largest absolute Gasteiger partial charge is 0.494 e. The fourth-order valence-electron chi connectivity index (χ4n) is 2.69. The summed E-state index contributed by atoms with van der Waals surface area (Å²) >= 11 is 6.96. The van der Waals surface area contributed by atoms with E-state index in [4.69, 9.17) is 22.7 Å². The first-order valence-corrected chi connectivity index (χ1v) is 8.54. The zero-order valence-corrected chi connectivity index (χ0v) is 14.0. The fraction of sp³-hybridized carbons (Fsp3) is 0.533. The van der Waals surface area contributed by atoms with E-state index in [-0.39, 0.29) is 16.3 Å². The highest BCUT2D eigenvalue weighted by Gasteiger charge is 2.36. The summed E-state index contributed by atoms with van der Waals surface area (Å²) in [4.78, 5) is 2.92. The van der Waals surface area contributed by atoms with Gasteiger partial charge in [0.25, 0.3) is 0 Å². The Labute approximate surface area is 135 Å². The summed E-state index contributed by atoms with van der Waals surface area (Å²) < 4.78 is 18.6. The molecule has 1 aliphatic heterocycles. The van der Waals surface area contributed by atoms with Gasteiger partial charge in [0.1, 0.15) is 0 Å². The van der Waals surface area contributed by atoms with E-state index in [0.29, 0.717) is 4.99 Å². The molecule has 2 N–H and O–H groups in total. The van der Waals surface area contributed by atoms with Crippen molar-refractivity contribution in [2.75, 3.05) is 26.5 Å². The predicted octanol–water partition coefficient (Wildman–Crippen LogP) is 2.82. The van der Waals surface area contributed by atoms with Crippen molar-refractivity contribution in [1.29, 1.82) is 0 Å². The molecule has 1 heterocycles. The zero-order valence-electron chi connectivity index (χ0n) is 12.4. The molecular weight excluding hydrogens is 307 g/mol. The minimum atomic E-state index is -0.311. The molecule has 0 bridgehead atoms. The quantitative estimate of drug-likeness (QED) is 0.842. The summed E-state index contributed by atoms with van der Waals surface area (Å²) in [7, 11) is 1.47. The molecule has 1 saturated heterocycles. The van der Waals surface area contributed by atoms with Gasteiger partial charge in [-0.3, -0.25) is 4.90 Å². The average molecular weight is 328 g/mol. The van der Waals surface area contributed by atoms with Gasteiger partial charge in [0, 0.05) is 19.6 Å². The highest BCUT2D eigenvalue weighted by molar-refractivity contribution is 8.02. The summed E-state index contributed by atoms with van der Waals surface area (Å²) in [5.74, 6) is -0.0270. The lowest BCUT2D eigenvalue weighted by Crippen LogP contribution is -2.48. The summed E-state index contributed by atoms with van der Waals surface area (Å²) in [5.41, 5.74) is 6.85. The molecule has 0 atom stereocenters. The lowest BCUT2D eigenvalue weighted by molar-refractivity contribution is 0.212. The maximum Gasteiger partial charge on any atom is 0.165 e. The minimum Gasteiger partial charge on any atom is -0.494 e. The third-order valence-corrected chi connectivity index (χ3v) is 6.06. The van der Waals surface area contributed by atoms with Crippen molar-refractivity contribution in [1.82, 2.24) is 4.90 Å². The number of thioether (sulfide) groups is 1. The number of rotatable bonds is 5. The molecule has 1 aromatic rings. The second kappa shape index (κ2) is 6.94. The number of halogens is 1. The van der Waals surface area contributed by atoms with E-state index in [9.17, 15) is 4.39 Å². The standard InChI is InChI=1S/C15H21FN2OS2/c1-19-13-4-3-11(9-12(13)16)10-18-7-5-15(21-2,6-8-18)14(17)20/h3-4,9H,5-8,10H2,1-2H3,(H2,17,20). The molecule has 0 amide bonds. The van der Waals surface area contributed by atoms with Crippen LogP contribution < -0.4 is 10.5 Å². The number of nitrogens with zero attached hydrogens (tertiary/aromatic N) is 1. The van der Waals surface area contributed by atoms with Crippen molar-refractivity contribution in [3.63, 3.8) is 0 Å². The third-order valence-electron chi connectivity index (χ3n) is 4.13. The van der Waals surface area contributed by atoms with E-state index < -0.39 is 0 Å². The molecular formula is C15H21FN2OS2. The molecule has 0 radical (unpaired) electrons. The summed E-state index contributed by atoms with van der Waals surface area (Å²) in [6.45, 7) is 2.58. The smallest absolute Gasteiger partial charge is 0.165 e. The van der Waals surface area contributed by atoms with Gasteiger partial charge in [-0.1, -0.05) is 18.3 Å². The molecule has 6 heteroatoms. The van der Waals surface area contributed by atoms with Gasteiger partial charge in [-0.05, 0) is 36.8 Å². The SMILES string of the molecule is COc1ccc(CN2CCC(SC)(C(N)=S)CC2)cc1F. The molecule has 0 aliphatic carbocycles. The van der Waals surface area contributed by atoms with Crippen LogP contribution in [0.25, 0.3) is 0 Å². The lowest BCUT2D eigenvalue weighted by atomic mass is 9.95. The average Bonchev–Trinajstić information content (AvgIpc) is 2.48. The zero-order chi connectivity index (χ0) is 15.5. The fourth-order valence-corrected chi connectivity index (χ4v) is 3.94. The molecule has 1 aromatic carbocycles. The van der Waals surface area contributed by atoms with Crippen molar-refractivity contribution >= 4 is 29.0 Å². The van der Waals surface area contributed by atoms with E-state index in [1.807, 2.05) is 6.07 Å². The van der Waals surface area contributed by atoms with Crippen LogP contribution in [-0.4, -0.2) is 41.1 Å². The van der Waals surface area contributed by atoms with Crippen molar-refractivity contribution in [2.24, 2.45) is 5.73 Å². The van der Waals surface area contributed by atoms with Crippen LogP contribution in [0.5, 0.6) is 5.75 Å². The number of hydrogen-bond acceptors (Lipinski definition) is 4. The van der Waals surface area contributed by atoms with Crippen LogP contribution in [0, 0.1) is 5.82 Å². The Bertz CT molecular complexity index is 516. The van der Waals surface area contributed by atoms with Crippen LogP contribution in [0.15, 0.2) is 18.2 Å². The molecule has 0 aromatic heterocycles. The number of piperidine rings is 1. The van der Waals surface area contributed by atoms with E-state index in [1.165, 1.54) is 7.11 Å². The number of nitrogens with two attached hydrogens (primary N) is 1. The van der Waals surface area contributed by atoms with Crippen molar-refractivity contribution in [2.45, 2.75) is 24.1 Å². The van der Waals surface area contributed by atoms with E-state index >= 15 is 0 Å². The summed E-state index contributed by atoms with van der Waals surface area (Å²) in [6.07, 6.45) is 3.96. The maximum absolute atomic E-state index is 13.7. The van der Waals surface area contributed by atoms with E-state index in [0.717, 1.165) is 38.0 Å². The number of hydrogen-bond donors (Lipinski definition) is 1. The molecule has 0 unspecified atom stereocenters. The van der Waals surface area contributed by atoms with Crippen molar-refractivity contribution in [3.05, 3.63) is 29.6 Å². The highest BCUT2D eigenvalue weighted by Crippen LogP contribution is 2.35. The minimum absolute atomic E-state index is 0.0724. The van der Waals surface area contributed by atoms with Crippen LogP contribution in [0.4, 0.5) is 4.39 Å². The van der Waals surface area contributed by atoms with Crippen LogP contribution >= 0.6 is 24.0 Å². The second-order valence-corrected chi connectivity index (χ2v) is 6.94. The van der Waals surface area contributed by atoms with Crippen molar-refractivity contribution in [3.8, 4) is 5.75 Å². The van der Waals surface area contributed by atoms with Gasteiger partial charge in [-0.2, -0.15) is 11.8 Å². The normalized spacial score (nSPS) is 18.4. The molecule has 2 rings (SSSR count). The summed E-state index contributed by atoms with van der Waals surface area (Å²) in [6, 6.07) is 5.13. The molecule has 0 spiro atoms. The molecule has 21 heavy (non-hydrogen) atoms. The van der Waals surface area contributed by atoms with E-state index in [2.05, 4.69) is 11.2 Å².